The van der Waals surface area contributed by atoms with Gasteiger partial charge in [0.15, 0.2) is 0 Å². The largest absolute Gasteiger partial charge is 0.493 e. The predicted molar refractivity (Wildman–Crippen MR) is 98.7 cm³/mol. The third-order valence-electron chi connectivity index (χ3n) is 4.19. The van der Waals surface area contributed by atoms with Gasteiger partial charge in [-0.3, -0.25) is 4.79 Å². The fraction of sp³-hybridized carbons (Fsp3) is 0.300. The van der Waals surface area contributed by atoms with E-state index in [0.29, 0.717) is 19.6 Å². The fourth-order valence-electron chi connectivity index (χ4n) is 3.01. The number of carbonyl (C=O) groups excluding carboxylic acids is 1. The summed E-state index contributed by atoms with van der Waals surface area (Å²) in [5.41, 5.74) is 4.42. The number of aromatic nitrogens is 2. The number of nitrogens with one attached hydrogen (secondary N) is 1. The number of nitrogens with zero attached hydrogens (tertiary/aromatic N) is 2. The maximum absolute atomic E-state index is 10.6. The van der Waals surface area contributed by atoms with Crippen molar-refractivity contribution in [3.8, 4) is 5.75 Å². The molecule has 130 valence electrons. The minimum atomic E-state index is 0.427. The number of carbonyl (C=O) groups is 1. The van der Waals surface area contributed by atoms with Gasteiger partial charge in [-0.1, -0.05) is 29.8 Å². The summed E-state index contributed by atoms with van der Waals surface area (Å²) in [6, 6.07) is 14.2. The fourth-order valence-corrected chi connectivity index (χ4v) is 3.01. The summed E-state index contributed by atoms with van der Waals surface area (Å²) in [6.07, 6.45) is 1.56. The lowest BCUT2D eigenvalue weighted by atomic mass is 10.1. The van der Waals surface area contributed by atoms with Gasteiger partial charge in [0.1, 0.15) is 11.6 Å². The van der Waals surface area contributed by atoms with Crippen molar-refractivity contribution in [1.29, 1.82) is 0 Å². The van der Waals surface area contributed by atoms with Crippen molar-refractivity contribution in [3.63, 3.8) is 0 Å². The van der Waals surface area contributed by atoms with Crippen LogP contribution >= 0.6 is 0 Å². The molecule has 3 rings (SSSR count). The van der Waals surface area contributed by atoms with Crippen LogP contribution in [-0.2, 0) is 17.9 Å². The summed E-state index contributed by atoms with van der Waals surface area (Å²) < 4.78 is 8.07. The first-order chi connectivity index (χ1) is 12.2. The second kappa shape index (κ2) is 7.83. The monoisotopic (exact) mass is 337 g/mol. The minimum absolute atomic E-state index is 0.427. The molecule has 0 atom stereocenters. The number of para-hydroxylation sites is 2. The lowest BCUT2D eigenvalue weighted by molar-refractivity contribution is -0.109. The highest BCUT2D eigenvalue weighted by molar-refractivity contribution is 5.75. The number of hydrogen-bond donors (Lipinski definition) is 1. The average Bonchev–Trinajstić information content (AvgIpc) is 2.96. The summed E-state index contributed by atoms with van der Waals surface area (Å²) in [6.45, 7) is 6.00. The van der Waals surface area contributed by atoms with Gasteiger partial charge in [0.05, 0.1) is 24.2 Å². The molecule has 0 aliphatic rings. The molecule has 2 aromatic carbocycles. The Morgan fingerprint density at radius 3 is 2.84 bits per heavy atom. The molecule has 3 aromatic rings. The van der Waals surface area contributed by atoms with E-state index in [2.05, 4.69) is 46.9 Å². The van der Waals surface area contributed by atoms with Crippen molar-refractivity contribution in [2.75, 3.05) is 6.61 Å². The Morgan fingerprint density at radius 1 is 1.20 bits per heavy atom. The molecule has 0 bridgehead atoms. The van der Waals surface area contributed by atoms with Crippen LogP contribution in [0.2, 0.25) is 0 Å². The molecule has 0 fully saturated rings. The van der Waals surface area contributed by atoms with Crippen LogP contribution in [0, 0.1) is 13.8 Å². The van der Waals surface area contributed by atoms with Gasteiger partial charge in [-0.2, -0.15) is 0 Å². The second-order valence-corrected chi connectivity index (χ2v) is 6.14. The number of aryl methyl sites for hydroxylation is 3. The van der Waals surface area contributed by atoms with Crippen LogP contribution in [0.15, 0.2) is 42.5 Å². The molecule has 25 heavy (non-hydrogen) atoms. The molecule has 0 radical (unpaired) electrons. The third-order valence-corrected chi connectivity index (χ3v) is 4.19. The molecule has 5 heteroatoms. The molecule has 1 N–H and O–H groups in total. The van der Waals surface area contributed by atoms with Gasteiger partial charge < -0.3 is 14.6 Å². The van der Waals surface area contributed by atoms with Gasteiger partial charge in [0.25, 0.3) is 0 Å². The van der Waals surface area contributed by atoms with E-state index in [4.69, 9.17) is 4.74 Å². The molecule has 0 saturated carbocycles. The van der Waals surface area contributed by atoms with Crippen LogP contribution < -0.4 is 10.1 Å². The summed E-state index contributed by atoms with van der Waals surface area (Å²) in [4.78, 5) is 15.2. The molecule has 1 heterocycles. The number of fused-ring (bicyclic) bond motifs is 1. The highest BCUT2D eigenvalue weighted by atomic mass is 16.5. The van der Waals surface area contributed by atoms with Crippen LogP contribution in [0.1, 0.15) is 23.4 Å². The molecule has 0 spiro atoms. The van der Waals surface area contributed by atoms with Crippen molar-refractivity contribution in [2.45, 2.75) is 33.4 Å². The highest BCUT2D eigenvalue weighted by Gasteiger charge is 2.10. The highest BCUT2D eigenvalue weighted by Crippen LogP contribution is 2.20. The molecule has 0 aliphatic carbocycles. The van der Waals surface area contributed by atoms with Crippen molar-refractivity contribution in [2.24, 2.45) is 0 Å². The van der Waals surface area contributed by atoms with E-state index in [0.717, 1.165) is 41.1 Å². The Kier molecular flexibility index (Phi) is 5.33. The van der Waals surface area contributed by atoms with E-state index in [-0.39, 0.29) is 0 Å². The van der Waals surface area contributed by atoms with E-state index in [1.807, 2.05) is 24.3 Å². The maximum Gasteiger partial charge on any atom is 0.207 e. The van der Waals surface area contributed by atoms with E-state index in [9.17, 15) is 4.79 Å². The van der Waals surface area contributed by atoms with Gasteiger partial charge in [-0.25, -0.2) is 4.98 Å². The predicted octanol–water partition coefficient (Wildman–Crippen LogP) is 3.37. The molecule has 1 aromatic heterocycles. The quantitative estimate of drug-likeness (QED) is 0.506. The first-order valence-corrected chi connectivity index (χ1v) is 8.50. The molecular formula is C20H23N3O2. The van der Waals surface area contributed by atoms with Gasteiger partial charge in [0, 0.05) is 6.54 Å². The molecule has 0 unspecified atom stereocenters. The van der Waals surface area contributed by atoms with Gasteiger partial charge in [-0.15, -0.1) is 0 Å². The Bertz CT molecular complexity index is 871. The minimum Gasteiger partial charge on any atom is -0.493 e. The summed E-state index contributed by atoms with van der Waals surface area (Å²) in [5, 5.41) is 2.70. The number of benzene rings is 2. The Labute approximate surface area is 147 Å². The lowest BCUT2D eigenvalue weighted by Gasteiger charge is -2.12. The summed E-state index contributed by atoms with van der Waals surface area (Å²) in [5.74, 6) is 1.80. The average molecular weight is 337 g/mol. The molecular weight excluding hydrogens is 314 g/mol. The van der Waals surface area contributed by atoms with Crippen molar-refractivity contribution < 1.29 is 9.53 Å². The summed E-state index contributed by atoms with van der Waals surface area (Å²) >= 11 is 0. The molecule has 0 aliphatic heterocycles. The topological polar surface area (TPSA) is 56.1 Å². The lowest BCUT2D eigenvalue weighted by Crippen LogP contribution is -2.16. The molecule has 0 saturated heterocycles. The zero-order chi connectivity index (χ0) is 17.6. The zero-order valence-electron chi connectivity index (χ0n) is 14.7. The van der Waals surface area contributed by atoms with Crippen LogP contribution in [-0.4, -0.2) is 22.6 Å². The first kappa shape index (κ1) is 17.0. The number of hydrogen-bond acceptors (Lipinski definition) is 3. The van der Waals surface area contributed by atoms with E-state index in [1.165, 1.54) is 5.56 Å². The SMILES string of the molecule is Cc1ccc(OCCCn2c(CNC=O)nc3ccccc32)c(C)c1. The number of imidazole rings is 1. The zero-order valence-corrected chi connectivity index (χ0v) is 14.7. The van der Waals surface area contributed by atoms with Gasteiger partial charge in [-0.05, 0) is 44.0 Å². The first-order valence-electron chi connectivity index (χ1n) is 8.50. The Balaban J connectivity index is 1.66. The maximum atomic E-state index is 10.6. The Morgan fingerprint density at radius 2 is 2.04 bits per heavy atom. The summed E-state index contributed by atoms with van der Waals surface area (Å²) in [7, 11) is 0. The number of ether oxygens (including phenoxy) is 1. The van der Waals surface area contributed by atoms with E-state index >= 15 is 0 Å². The number of rotatable bonds is 8. The van der Waals surface area contributed by atoms with Crippen LogP contribution in [0.4, 0.5) is 0 Å². The van der Waals surface area contributed by atoms with Crippen molar-refractivity contribution in [3.05, 3.63) is 59.4 Å². The second-order valence-electron chi connectivity index (χ2n) is 6.14. The molecule has 5 nitrogen and oxygen atoms in total. The van der Waals surface area contributed by atoms with E-state index < -0.39 is 0 Å². The van der Waals surface area contributed by atoms with Gasteiger partial charge in [0.2, 0.25) is 6.41 Å². The van der Waals surface area contributed by atoms with Crippen molar-refractivity contribution >= 4 is 17.4 Å². The van der Waals surface area contributed by atoms with E-state index in [1.54, 1.807) is 0 Å². The van der Waals surface area contributed by atoms with Crippen LogP contribution in [0.25, 0.3) is 11.0 Å². The van der Waals surface area contributed by atoms with Crippen molar-refractivity contribution in [1.82, 2.24) is 14.9 Å². The molecule has 1 amide bonds. The Hall–Kier alpha value is -2.82. The smallest absolute Gasteiger partial charge is 0.207 e. The number of amides is 1. The van der Waals surface area contributed by atoms with Crippen LogP contribution in [0.3, 0.4) is 0 Å². The standard InChI is InChI=1S/C20H23N3O2/c1-15-8-9-19(16(2)12-15)25-11-5-10-23-18-7-4-3-6-17(18)22-20(23)13-21-14-24/h3-4,6-9,12,14H,5,10-11,13H2,1-2H3,(H,21,24). The van der Waals surface area contributed by atoms with Gasteiger partial charge >= 0.3 is 0 Å². The van der Waals surface area contributed by atoms with Crippen LogP contribution in [0.5, 0.6) is 5.75 Å². The third kappa shape index (κ3) is 3.99. The normalized spacial score (nSPS) is 10.8.